The molecule has 37 heavy (non-hydrogen) atoms. The van der Waals surface area contributed by atoms with Gasteiger partial charge >= 0.3 is 51.4 Å². The Labute approximate surface area is 264 Å². The van der Waals surface area contributed by atoms with Crippen molar-refractivity contribution in [3.8, 4) is 28.6 Å². The number of sulfonamides is 1. The second-order valence-electron chi connectivity index (χ2n) is 8.82. The van der Waals surface area contributed by atoms with E-state index in [1.165, 1.54) is 19.2 Å². The predicted octanol–water partition coefficient (Wildman–Crippen LogP) is 3.69. The summed E-state index contributed by atoms with van der Waals surface area (Å²) in [6.45, 7) is 6.14. The number of methoxy groups -OCH3 is 1. The molecule has 0 fully saturated rings. The summed E-state index contributed by atoms with van der Waals surface area (Å²) in [6, 6.07) is 16.8. The first-order chi connectivity index (χ1) is 17.1. The second kappa shape index (κ2) is 12.2. The Bertz CT molecular complexity index is 1480. The number of benzene rings is 2. The van der Waals surface area contributed by atoms with Gasteiger partial charge in [0.1, 0.15) is 0 Å². The average molecular weight is 563 g/mol. The summed E-state index contributed by atoms with van der Waals surface area (Å²) in [5.41, 5.74) is 1.44. The molecule has 0 aliphatic carbocycles. The van der Waals surface area contributed by atoms with Crippen LogP contribution >= 0.6 is 11.6 Å². The molecule has 0 bridgehead atoms. The van der Waals surface area contributed by atoms with Gasteiger partial charge in [0, 0.05) is 12.4 Å². The number of nitrogens with zero attached hydrogens (tertiary/aromatic N) is 4. The molecule has 186 valence electrons. The van der Waals surface area contributed by atoms with Gasteiger partial charge in [-0.05, 0) is 58.8 Å². The van der Waals surface area contributed by atoms with E-state index in [0.717, 1.165) is 5.56 Å². The molecule has 2 heterocycles. The van der Waals surface area contributed by atoms with Crippen molar-refractivity contribution >= 4 is 27.4 Å². The van der Waals surface area contributed by atoms with Crippen molar-refractivity contribution in [1.29, 1.82) is 0 Å². The van der Waals surface area contributed by atoms with Crippen LogP contribution in [0.3, 0.4) is 0 Å². The van der Waals surface area contributed by atoms with Crippen LogP contribution in [0.5, 0.6) is 17.2 Å². The summed E-state index contributed by atoms with van der Waals surface area (Å²) >= 11 is 6.49. The molecule has 0 saturated carbocycles. The first-order valence-electron chi connectivity index (χ1n) is 11.0. The number of hydrogen-bond acceptors (Lipinski definition) is 7. The van der Waals surface area contributed by atoms with Gasteiger partial charge in [-0.2, -0.15) is 0 Å². The predicted molar refractivity (Wildman–Crippen MR) is 139 cm³/mol. The van der Waals surface area contributed by atoms with Crippen molar-refractivity contribution in [1.82, 2.24) is 15.0 Å². The number of aromatic nitrogens is 3. The Morgan fingerprint density at radius 1 is 0.892 bits per heavy atom. The van der Waals surface area contributed by atoms with E-state index in [4.69, 9.17) is 21.1 Å². The first kappa shape index (κ1) is 29.5. The number of hydrogen-bond donors (Lipinski definition) is 0. The van der Waals surface area contributed by atoms with Crippen LogP contribution in [0, 0.1) is 0 Å². The van der Waals surface area contributed by atoms with Crippen molar-refractivity contribution in [3.63, 3.8) is 0 Å². The number of pyridine rings is 1. The maximum Gasteiger partial charge on any atom is 1.00 e. The summed E-state index contributed by atoms with van der Waals surface area (Å²) in [5.74, 6) is 0.525. The zero-order valence-corrected chi connectivity index (χ0v) is 25.8. The van der Waals surface area contributed by atoms with Gasteiger partial charge < -0.3 is 19.2 Å². The van der Waals surface area contributed by atoms with Crippen molar-refractivity contribution in [3.05, 3.63) is 88.5 Å². The third-order valence-corrected chi connectivity index (χ3v) is 6.79. The maximum atomic E-state index is 13.3. The summed E-state index contributed by atoms with van der Waals surface area (Å²) in [7, 11) is -2.68. The van der Waals surface area contributed by atoms with Gasteiger partial charge in [-0.15, -0.1) is 0 Å². The fourth-order valence-electron chi connectivity index (χ4n) is 3.30. The molecule has 4 aromatic rings. The molecule has 0 spiro atoms. The van der Waals surface area contributed by atoms with E-state index in [2.05, 4.69) is 19.7 Å². The minimum atomic E-state index is -4.17. The molecule has 0 radical (unpaired) electrons. The molecule has 11 heteroatoms. The average Bonchev–Trinajstić information content (AvgIpc) is 2.86. The molecule has 0 aliphatic heterocycles. The first-order valence-corrected chi connectivity index (χ1v) is 12.8. The molecule has 0 unspecified atom stereocenters. The second-order valence-corrected chi connectivity index (χ2v) is 10.8. The number of para-hydroxylation sites is 2. The monoisotopic (exact) mass is 562 g/mol. The maximum absolute atomic E-state index is 13.3. The molecule has 0 atom stereocenters. The molecule has 4 rings (SSSR count). The Hall–Kier alpha value is -2.05. The SMILES string of the molecule is COc1ccccc1Oc1c(Cl)nc(-c2ccncc2)nc1[N-]S(=O)(=O)c1ccc(C(C)(C)C)cc1.[K+]. The van der Waals surface area contributed by atoms with Crippen LogP contribution in [0.15, 0.2) is 78.0 Å². The van der Waals surface area contributed by atoms with E-state index in [1.807, 2.05) is 20.8 Å². The normalized spacial score (nSPS) is 11.4. The van der Waals surface area contributed by atoms with Crippen LogP contribution in [-0.2, 0) is 15.4 Å². The minimum absolute atomic E-state index is 0. The smallest absolute Gasteiger partial charge is 0.493 e. The van der Waals surface area contributed by atoms with E-state index in [0.29, 0.717) is 17.1 Å². The largest absolute Gasteiger partial charge is 1.00 e. The fraction of sp³-hybridized carbons (Fsp3) is 0.192. The van der Waals surface area contributed by atoms with Crippen LogP contribution in [0.25, 0.3) is 16.1 Å². The molecule has 8 nitrogen and oxygen atoms in total. The van der Waals surface area contributed by atoms with Gasteiger partial charge in [-0.3, -0.25) is 4.98 Å². The Balaban J connectivity index is 0.00000380. The third kappa shape index (κ3) is 7.08. The van der Waals surface area contributed by atoms with Crippen molar-refractivity contribution in [2.45, 2.75) is 31.1 Å². The quantitative estimate of drug-likeness (QED) is 0.250. The molecule has 2 aromatic carbocycles. The van der Waals surface area contributed by atoms with Crippen LogP contribution < -0.4 is 60.9 Å². The van der Waals surface area contributed by atoms with Crippen molar-refractivity contribution in [2.75, 3.05) is 7.11 Å². The van der Waals surface area contributed by atoms with Gasteiger partial charge in [0.25, 0.3) is 0 Å². The Morgan fingerprint density at radius 2 is 1.51 bits per heavy atom. The Morgan fingerprint density at radius 3 is 2.11 bits per heavy atom. The van der Waals surface area contributed by atoms with E-state index in [-0.39, 0.29) is 84.2 Å². The fourth-order valence-corrected chi connectivity index (χ4v) is 4.44. The van der Waals surface area contributed by atoms with Gasteiger partial charge in [-0.1, -0.05) is 56.6 Å². The summed E-state index contributed by atoms with van der Waals surface area (Å²) in [4.78, 5) is 12.7. The van der Waals surface area contributed by atoms with Crippen LogP contribution in [0.2, 0.25) is 5.15 Å². The van der Waals surface area contributed by atoms with E-state index in [1.54, 1.807) is 60.9 Å². The number of rotatable bonds is 7. The van der Waals surface area contributed by atoms with Gasteiger partial charge in [0.15, 0.2) is 22.4 Å². The third-order valence-electron chi connectivity index (χ3n) is 5.25. The van der Waals surface area contributed by atoms with Crippen LogP contribution in [-0.4, -0.2) is 30.5 Å². The van der Waals surface area contributed by atoms with E-state index >= 15 is 0 Å². The molecule has 0 N–H and O–H groups in total. The summed E-state index contributed by atoms with van der Waals surface area (Å²) in [6.07, 6.45) is 3.13. The minimum Gasteiger partial charge on any atom is -0.493 e. The van der Waals surface area contributed by atoms with Crippen molar-refractivity contribution < 1.29 is 69.3 Å². The molecular weight excluding hydrogens is 539 g/mol. The Kier molecular flexibility index (Phi) is 9.73. The van der Waals surface area contributed by atoms with Crippen LogP contribution in [0.1, 0.15) is 26.3 Å². The van der Waals surface area contributed by atoms with Gasteiger partial charge in [0.2, 0.25) is 10.0 Å². The zero-order valence-electron chi connectivity index (χ0n) is 21.1. The van der Waals surface area contributed by atoms with Gasteiger partial charge in [-0.25, -0.2) is 13.4 Å². The molecule has 0 saturated heterocycles. The molecule has 2 aromatic heterocycles. The van der Waals surface area contributed by atoms with E-state index in [9.17, 15) is 8.42 Å². The van der Waals surface area contributed by atoms with Crippen LogP contribution in [0.4, 0.5) is 5.82 Å². The number of halogens is 1. The van der Waals surface area contributed by atoms with E-state index < -0.39 is 10.0 Å². The summed E-state index contributed by atoms with van der Waals surface area (Å²) < 4.78 is 41.9. The zero-order chi connectivity index (χ0) is 25.9. The molecule has 0 amide bonds. The standard InChI is InChI=1S/C26H24ClN4O4S.K/c1-26(2,3)18-9-11-19(12-10-18)36(32,33)31-25-22(35-21-8-6-5-7-20(21)34-4)23(27)29-24(30-25)17-13-15-28-16-14-17;/h5-16H,1-4H3;/q-1;+1. The number of ether oxygens (including phenoxy) is 2. The summed E-state index contributed by atoms with van der Waals surface area (Å²) in [5, 5.41) is -0.111. The van der Waals surface area contributed by atoms with Crippen molar-refractivity contribution in [2.24, 2.45) is 0 Å². The topological polar surface area (TPSA) is 105 Å². The molecule has 0 aliphatic rings. The van der Waals surface area contributed by atoms with Gasteiger partial charge in [0.05, 0.1) is 17.8 Å². The molecular formula is C26H24ClKN4O4S.